The first-order valence-corrected chi connectivity index (χ1v) is 11.1. The third-order valence-corrected chi connectivity index (χ3v) is 6.41. The molecule has 0 radical (unpaired) electrons. The summed E-state index contributed by atoms with van der Waals surface area (Å²) in [4.78, 5) is 12.5. The van der Waals surface area contributed by atoms with Crippen molar-refractivity contribution >= 4 is 21.6 Å². The number of hydrogen-bond donors (Lipinski definition) is 1. The molecule has 0 atom stereocenters. The first-order chi connectivity index (χ1) is 14.9. The van der Waals surface area contributed by atoms with Gasteiger partial charge in [0, 0.05) is 12.6 Å². The Morgan fingerprint density at radius 3 is 2.16 bits per heavy atom. The Balaban J connectivity index is 1.57. The summed E-state index contributed by atoms with van der Waals surface area (Å²) in [5.41, 5.74) is 0.915. The van der Waals surface area contributed by atoms with Crippen LogP contribution in [0.15, 0.2) is 83.8 Å². The monoisotopic (exact) mass is 440 g/mol. The summed E-state index contributed by atoms with van der Waals surface area (Å²) in [6.07, 6.45) is 0. The maximum absolute atomic E-state index is 12.8. The molecule has 0 bridgehead atoms. The quantitative estimate of drug-likeness (QED) is 0.516. The molecule has 162 valence electrons. The molecular weight excluding hydrogens is 416 g/mol. The number of carbonyl (C=O) groups is 1. The lowest BCUT2D eigenvalue weighted by Crippen LogP contribution is -2.28. The molecule has 0 heterocycles. The van der Waals surface area contributed by atoms with E-state index in [2.05, 4.69) is 5.32 Å². The van der Waals surface area contributed by atoms with Gasteiger partial charge in [0.05, 0.1) is 24.2 Å². The Hall–Kier alpha value is -3.52. The number of benzene rings is 3. The molecule has 0 saturated carbocycles. The number of amides is 1. The van der Waals surface area contributed by atoms with E-state index in [1.807, 2.05) is 18.2 Å². The Morgan fingerprint density at radius 1 is 0.903 bits per heavy atom. The number of ether oxygens (including phenoxy) is 2. The van der Waals surface area contributed by atoms with Gasteiger partial charge in [0.15, 0.2) is 11.5 Å². The number of rotatable bonds is 9. The lowest BCUT2D eigenvalue weighted by molar-refractivity contribution is 0.0946. The highest BCUT2D eigenvalue weighted by Gasteiger charge is 2.21. The molecule has 0 fully saturated rings. The minimum atomic E-state index is -3.72. The molecule has 7 nitrogen and oxygen atoms in total. The summed E-state index contributed by atoms with van der Waals surface area (Å²) in [5.74, 6) is 0.895. The average Bonchev–Trinajstić information content (AvgIpc) is 2.82. The number of hydrogen-bond acceptors (Lipinski definition) is 5. The second-order valence-electron chi connectivity index (χ2n) is 6.59. The maximum Gasteiger partial charge on any atom is 0.264 e. The summed E-state index contributed by atoms with van der Waals surface area (Å²) < 4.78 is 37.7. The van der Waals surface area contributed by atoms with Gasteiger partial charge in [-0.3, -0.25) is 9.10 Å². The van der Waals surface area contributed by atoms with Gasteiger partial charge in [-0.2, -0.15) is 0 Å². The van der Waals surface area contributed by atoms with Crippen molar-refractivity contribution in [3.8, 4) is 11.5 Å². The summed E-state index contributed by atoms with van der Waals surface area (Å²) in [6.45, 7) is 0.550. The van der Waals surface area contributed by atoms with E-state index in [1.165, 1.54) is 35.6 Å². The lowest BCUT2D eigenvalue weighted by Gasteiger charge is -2.19. The summed E-state index contributed by atoms with van der Waals surface area (Å²) in [7, 11) is -0.669. The van der Waals surface area contributed by atoms with Crippen molar-refractivity contribution in [2.24, 2.45) is 0 Å². The Bertz CT molecular complexity index is 1120. The molecule has 8 heteroatoms. The van der Waals surface area contributed by atoms with Crippen LogP contribution in [0.4, 0.5) is 5.69 Å². The van der Waals surface area contributed by atoms with Crippen LogP contribution in [0.1, 0.15) is 10.4 Å². The highest BCUT2D eigenvalue weighted by Crippen LogP contribution is 2.25. The van der Waals surface area contributed by atoms with Gasteiger partial charge < -0.3 is 14.8 Å². The molecule has 1 amide bonds. The summed E-state index contributed by atoms with van der Waals surface area (Å²) >= 11 is 0. The van der Waals surface area contributed by atoms with Gasteiger partial charge in [0.25, 0.3) is 15.9 Å². The normalized spacial score (nSPS) is 10.9. The highest BCUT2D eigenvalue weighted by atomic mass is 32.2. The third-order valence-electron chi connectivity index (χ3n) is 4.61. The minimum Gasteiger partial charge on any atom is -0.493 e. The van der Waals surface area contributed by atoms with Crippen molar-refractivity contribution in [1.29, 1.82) is 0 Å². The van der Waals surface area contributed by atoms with Crippen molar-refractivity contribution in [3.63, 3.8) is 0 Å². The smallest absolute Gasteiger partial charge is 0.264 e. The highest BCUT2D eigenvalue weighted by molar-refractivity contribution is 7.92. The van der Waals surface area contributed by atoms with E-state index in [4.69, 9.17) is 9.47 Å². The molecule has 0 saturated heterocycles. The summed E-state index contributed by atoms with van der Waals surface area (Å²) in [6, 6.07) is 21.9. The van der Waals surface area contributed by atoms with Crippen LogP contribution in [0.25, 0.3) is 0 Å². The zero-order valence-electron chi connectivity index (χ0n) is 17.3. The van der Waals surface area contributed by atoms with Crippen LogP contribution in [0.5, 0.6) is 11.5 Å². The van der Waals surface area contributed by atoms with Gasteiger partial charge in [0.1, 0.15) is 6.61 Å². The summed E-state index contributed by atoms with van der Waals surface area (Å²) in [5, 5.41) is 2.75. The fourth-order valence-corrected chi connectivity index (χ4v) is 4.07. The molecular formula is C23H24N2O5S. The van der Waals surface area contributed by atoms with Crippen molar-refractivity contribution in [1.82, 2.24) is 5.32 Å². The fourth-order valence-electron chi connectivity index (χ4n) is 2.88. The standard InChI is InChI=1S/C23H24N2O5S/c1-25(19-8-4-3-5-9-19)31(27,28)20-14-12-18(13-15-20)23(26)24-16-17-30-22-11-7-6-10-21(22)29-2/h3-15H,16-17H2,1-2H3,(H,24,26). The van der Waals surface area contributed by atoms with E-state index in [0.717, 1.165) is 0 Å². The van der Waals surface area contributed by atoms with Gasteiger partial charge in [-0.1, -0.05) is 30.3 Å². The van der Waals surface area contributed by atoms with Crippen LogP contribution < -0.4 is 19.1 Å². The average molecular weight is 441 g/mol. The van der Waals surface area contributed by atoms with Gasteiger partial charge in [-0.25, -0.2) is 8.42 Å². The van der Waals surface area contributed by atoms with Crippen LogP contribution >= 0.6 is 0 Å². The molecule has 0 spiro atoms. The zero-order chi connectivity index (χ0) is 22.3. The SMILES string of the molecule is COc1ccccc1OCCNC(=O)c1ccc(S(=O)(=O)N(C)c2ccccc2)cc1. The van der Waals surface area contributed by atoms with Crippen molar-refractivity contribution in [3.05, 3.63) is 84.4 Å². The van der Waals surface area contributed by atoms with Crippen LogP contribution in [-0.2, 0) is 10.0 Å². The number of carbonyl (C=O) groups excluding carboxylic acids is 1. The number of anilines is 1. The molecule has 3 aromatic carbocycles. The van der Waals surface area contributed by atoms with E-state index >= 15 is 0 Å². The van der Waals surface area contributed by atoms with Crippen molar-refractivity contribution < 1.29 is 22.7 Å². The van der Waals surface area contributed by atoms with Crippen LogP contribution in [-0.4, -0.2) is 41.6 Å². The lowest BCUT2D eigenvalue weighted by atomic mass is 10.2. The van der Waals surface area contributed by atoms with Crippen LogP contribution in [0, 0.1) is 0 Å². The van der Waals surface area contributed by atoms with E-state index in [-0.39, 0.29) is 24.0 Å². The van der Waals surface area contributed by atoms with Crippen molar-refractivity contribution in [2.45, 2.75) is 4.90 Å². The first-order valence-electron chi connectivity index (χ1n) is 9.61. The molecule has 0 aliphatic carbocycles. The first kappa shape index (κ1) is 22.2. The number of methoxy groups -OCH3 is 1. The molecule has 31 heavy (non-hydrogen) atoms. The van der Waals surface area contributed by atoms with Gasteiger partial charge >= 0.3 is 0 Å². The molecule has 0 aliphatic rings. The van der Waals surface area contributed by atoms with Crippen molar-refractivity contribution in [2.75, 3.05) is 31.6 Å². The molecule has 0 unspecified atom stereocenters. The molecule has 3 aromatic rings. The largest absolute Gasteiger partial charge is 0.493 e. The molecule has 0 aliphatic heterocycles. The topological polar surface area (TPSA) is 84.9 Å². The maximum atomic E-state index is 12.8. The van der Waals surface area contributed by atoms with E-state index < -0.39 is 10.0 Å². The Kier molecular flexibility index (Phi) is 7.15. The number of nitrogens with zero attached hydrogens (tertiary/aromatic N) is 1. The number of nitrogens with one attached hydrogen (secondary N) is 1. The van der Waals surface area contributed by atoms with Crippen LogP contribution in [0.2, 0.25) is 0 Å². The predicted octanol–water partition coefficient (Wildman–Crippen LogP) is 3.33. The third kappa shape index (κ3) is 5.35. The zero-order valence-corrected chi connectivity index (χ0v) is 18.1. The second-order valence-corrected chi connectivity index (χ2v) is 8.56. The minimum absolute atomic E-state index is 0.106. The van der Waals surface area contributed by atoms with Gasteiger partial charge in [-0.05, 0) is 48.5 Å². The van der Waals surface area contributed by atoms with Crippen LogP contribution in [0.3, 0.4) is 0 Å². The Morgan fingerprint density at radius 2 is 1.52 bits per heavy atom. The van der Waals surface area contributed by atoms with E-state index in [0.29, 0.717) is 22.7 Å². The molecule has 1 N–H and O–H groups in total. The predicted molar refractivity (Wildman–Crippen MR) is 119 cm³/mol. The fraction of sp³-hybridized carbons (Fsp3) is 0.174. The van der Waals surface area contributed by atoms with E-state index in [1.54, 1.807) is 43.5 Å². The van der Waals surface area contributed by atoms with E-state index in [9.17, 15) is 13.2 Å². The Labute approximate surface area is 182 Å². The molecule has 0 aromatic heterocycles. The number of sulfonamides is 1. The molecule has 3 rings (SSSR count). The number of para-hydroxylation sites is 3. The van der Waals surface area contributed by atoms with Gasteiger partial charge in [-0.15, -0.1) is 0 Å². The van der Waals surface area contributed by atoms with Gasteiger partial charge in [0.2, 0.25) is 0 Å². The second kappa shape index (κ2) is 9.99.